The van der Waals surface area contributed by atoms with Gasteiger partial charge in [0.25, 0.3) is 11.7 Å². The van der Waals surface area contributed by atoms with Gasteiger partial charge in [-0.3, -0.25) is 14.4 Å². The predicted octanol–water partition coefficient (Wildman–Crippen LogP) is 6.57. The van der Waals surface area contributed by atoms with Crippen molar-refractivity contribution in [3.63, 3.8) is 0 Å². The topological polar surface area (TPSA) is 214 Å². The molecule has 2 aromatic carbocycles. The second-order valence-electron chi connectivity index (χ2n) is 14.8. The molecular weight excluding hydrogens is 757 g/mol. The number of amides is 1. The molecule has 6 N–H and O–H groups in total. The number of nitrogens with zero attached hydrogens (tertiary/aromatic N) is 1. The second kappa shape index (κ2) is 17.1. The largest absolute Gasteiger partial charge is 0.507 e. The van der Waals surface area contributed by atoms with Crippen LogP contribution in [-0.4, -0.2) is 86.7 Å². The number of Topliss-reactive ketones (excluding diaryl/α,β-unsaturated/α-hetero) is 1. The van der Waals surface area contributed by atoms with Crippen LogP contribution in [0.15, 0.2) is 58.6 Å². The number of carbonyl (C=O) groups is 3. The van der Waals surface area contributed by atoms with E-state index in [4.69, 9.17) is 18.9 Å². The Morgan fingerprint density at radius 2 is 1.68 bits per heavy atom. The number of benzene rings is 2. The van der Waals surface area contributed by atoms with Gasteiger partial charge in [0.15, 0.2) is 11.5 Å². The molecule has 9 atom stereocenters. The van der Waals surface area contributed by atoms with Crippen molar-refractivity contribution in [1.82, 2.24) is 0 Å². The summed E-state index contributed by atoms with van der Waals surface area (Å²) < 4.78 is 23.5. The third-order valence-electron chi connectivity index (χ3n) is 10.8. The summed E-state index contributed by atoms with van der Waals surface area (Å²) in [5.74, 6) is -8.55. The van der Waals surface area contributed by atoms with Crippen molar-refractivity contribution in [3.05, 3.63) is 69.7 Å². The highest BCUT2D eigenvalue weighted by Crippen LogP contribution is 2.57. The van der Waals surface area contributed by atoms with E-state index in [-0.39, 0.29) is 44.6 Å². The van der Waals surface area contributed by atoms with Crippen LogP contribution >= 0.6 is 11.3 Å². The number of nitrogens with one attached hydrogen (secondary N) is 1. The summed E-state index contributed by atoms with van der Waals surface area (Å²) in [4.78, 5) is 45.4. The van der Waals surface area contributed by atoms with Crippen LogP contribution in [0.3, 0.4) is 0 Å². The van der Waals surface area contributed by atoms with Crippen LogP contribution in [0, 0.1) is 30.6 Å². The van der Waals surface area contributed by atoms with Crippen molar-refractivity contribution >= 4 is 57.4 Å². The highest BCUT2D eigenvalue weighted by Gasteiger charge is 2.50. The molecule has 0 unspecified atom stereocenters. The number of methoxy groups -OCH3 is 1. The van der Waals surface area contributed by atoms with Gasteiger partial charge in [0.05, 0.1) is 35.5 Å². The lowest BCUT2D eigenvalue weighted by Gasteiger charge is -2.38. The van der Waals surface area contributed by atoms with Crippen molar-refractivity contribution in [2.45, 2.75) is 85.6 Å². The fraction of sp³-hybridized carbons (Fsp3) is 0.429. The van der Waals surface area contributed by atoms with E-state index in [1.807, 2.05) is 5.38 Å². The number of thiophene rings is 1. The molecule has 0 fully saturated rings. The van der Waals surface area contributed by atoms with Crippen molar-refractivity contribution in [3.8, 4) is 23.0 Å². The third-order valence-corrected chi connectivity index (χ3v) is 11.6. The molecular formula is C42H50N2O12S. The molecule has 3 aliphatic heterocycles. The quantitative estimate of drug-likeness (QED) is 0.0716. The van der Waals surface area contributed by atoms with Gasteiger partial charge in [-0.15, -0.1) is 11.3 Å². The first-order valence-electron chi connectivity index (χ1n) is 18.5. The normalized spacial score (nSPS) is 30.8. The van der Waals surface area contributed by atoms with Crippen LogP contribution in [0.1, 0.15) is 69.3 Å². The summed E-state index contributed by atoms with van der Waals surface area (Å²) in [6, 6.07) is 3.55. The number of anilines is 1. The third kappa shape index (κ3) is 8.28. The van der Waals surface area contributed by atoms with Crippen LogP contribution in [-0.2, 0) is 23.8 Å². The zero-order chi connectivity index (χ0) is 42.1. The van der Waals surface area contributed by atoms with Crippen molar-refractivity contribution < 1.29 is 58.9 Å². The first kappa shape index (κ1) is 42.9. The van der Waals surface area contributed by atoms with Crippen molar-refractivity contribution in [2.24, 2.45) is 28.7 Å². The highest BCUT2D eigenvalue weighted by molar-refractivity contribution is 7.11. The number of aliphatic imine (C=N–C) groups is 1. The summed E-state index contributed by atoms with van der Waals surface area (Å²) in [7, 11) is 1.43. The first-order valence-corrected chi connectivity index (χ1v) is 19.4. The molecule has 15 heteroatoms. The Balaban J connectivity index is 1.72. The second-order valence-corrected chi connectivity index (χ2v) is 15.8. The van der Waals surface area contributed by atoms with E-state index in [0.717, 1.165) is 0 Å². The Morgan fingerprint density at radius 3 is 2.32 bits per heavy atom. The Labute approximate surface area is 334 Å². The van der Waals surface area contributed by atoms with E-state index in [1.54, 1.807) is 52.0 Å². The van der Waals surface area contributed by atoms with E-state index in [1.165, 1.54) is 70.8 Å². The van der Waals surface area contributed by atoms with E-state index in [2.05, 4.69) is 10.3 Å². The Hall–Kier alpha value is -5.22. The smallest absolute Gasteiger partial charge is 0.312 e. The fourth-order valence-corrected chi connectivity index (χ4v) is 7.91. The van der Waals surface area contributed by atoms with Gasteiger partial charge in [0, 0.05) is 72.2 Å². The molecule has 0 saturated carbocycles. The van der Waals surface area contributed by atoms with Gasteiger partial charge in [-0.25, -0.2) is 4.99 Å². The number of carbonyl (C=O) groups excluding carboxylic acids is 3. The van der Waals surface area contributed by atoms with Crippen LogP contribution in [0.25, 0.3) is 10.8 Å². The number of aromatic hydroxyl groups is 3. The number of ketones is 1. The maximum Gasteiger partial charge on any atom is 0.312 e. The maximum atomic E-state index is 14.3. The van der Waals surface area contributed by atoms with E-state index in [0.29, 0.717) is 4.88 Å². The summed E-state index contributed by atoms with van der Waals surface area (Å²) in [6.45, 7) is 12.5. The molecule has 1 aromatic heterocycles. The zero-order valence-corrected chi connectivity index (χ0v) is 34.1. The number of phenols is 3. The summed E-state index contributed by atoms with van der Waals surface area (Å²) in [5, 5.41) is 61.9. The Kier molecular flexibility index (Phi) is 12.9. The summed E-state index contributed by atoms with van der Waals surface area (Å²) >= 11 is 1.34. The lowest BCUT2D eigenvalue weighted by Crippen LogP contribution is -2.46. The van der Waals surface area contributed by atoms with E-state index >= 15 is 0 Å². The Morgan fingerprint density at radius 1 is 0.982 bits per heavy atom. The number of ether oxygens (including phenoxy) is 4. The first-order chi connectivity index (χ1) is 26.8. The predicted molar refractivity (Wildman–Crippen MR) is 215 cm³/mol. The minimum Gasteiger partial charge on any atom is -0.507 e. The van der Waals surface area contributed by atoms with E-state index < -0.39 is 88.8 Å². The zero-order valence-electron chi connectivity index (χ0n) is 33.3. The molecule has 4 heterocycles. The molecule has 306 valence electrons. The van der Waals surface area contributed by atoms with Gasteiger partial charge in [-0.2, -0.15) is 0 Å². The average Bonchev–Trinajstić information content (AvgIpc) is 3.79. The van der Waals surface area contributed by atoms with Crippen molar-refractivity contribution in [1.29, 1.82) is 0 Å². The number of esters is 1. The summed E-state index contributed by atoms with van der Waals surface area (Å²) in [5.41, 5.74) is -0.642. The molecule has 3 aromatic rings. The monoisotopic (exact) mass is 806 g/mol. The minimum atomic E-state index is -2.05. The van der Waals surface area contributed by atoms with Gasteiger partial charge in [0.2, 0.25) is 0 Å². The molecule has 0 radical (unpaired) electrons. The number of aliphatic hydroxyl groups is 2. The molecule has 0 aliphatic carbocycles. The molecule has 6 rings (SSSR count). The molecule has 57 heavy (non-hydrogen) atoms. The average molecular weight is 807 g/mol. The lowest BCUT2D eigenvalue weighted by molar-refractivity contribution is -0.160. The van der Waals surface area contributed by atoms with Gasteiger partial charge in [-0.05, 0) is 31.4 Å². The number of fused-ring (bicyclic) bond motifs is 14. The van der Waals surface area contributed by atoms with Crippen LogP contribution in [0.4, 0.5) is 11.4 Å². The summed E-state index contributed by atoms with van der Waals surface area (Å²) in [6.07, 6.45) is 4.91. The SMILES string of the molecule is CO[C@H]1/C=C/O[C@@]2(C)Oc3c(C)c(O)c4c(O)c(c(N=Cc5cccs5)c(O)c4c3C2=O)NC(=O)/C(C)=C\C=C\[C@H](C)[C@H](O)[C@@H](C)[C@@H](O)[C@@H](C)[C@H](OC(C)=O)[C@@H]1C. The maximum absolute atomic E-state index is 14.3. The number of phenolic OH excluding ortho intramolecular Hbond substituents is 3. The van der Waals surface area contributed by atoms with Crippen LogP contribution in [0.5, 0.6) is 23.0 Å². The number of aliphatic hydroxyl groups excluding tert-OH is 2. The lowest BCUT2D eigenvalue weighted by atomic mass is 9.78. The van der Waals surface area contributed by atoms with Crippen molar-refractivity contribution in [2.75, 3.05) is 12.4 Å². The molecule has 5 bridgehead atoms. The molecule has 14 nitrogen and oxygen atoms in total. The molecule has 3 aliphatic rings. The van der Waals surface area contributed by atoms with Gasteiger partial charge in [-0.1, -0.05) is 52.0 Å². The van der Waals surface area contributed by atoms with E-state index in [9.17, 15) is 39.9 Å². The molecule has 0 saturated heterocycles. The van der Waals surface area contributed by atoms with Crippen LogP contribution < -0.4 is 10.1 Å². The standard InChI is InChI=1S/C42H50N2O12S/c1-19-12-10-13-20(2)41(52)44-32-31(43-18-26-14-11-17-57-26)36(49)28-29(37(32)50)35(48)24(6)39-30(28)40(51)42(8,56-39)54-16-15-27(53-9)21(3)38(55-25(7)45)23(5)34(47)22(4)33(19)46/h10-19,21-23,27,33-34,38,46-50H,1-9H3,(H,44,52)/b12-10+,16-15+,20-13-,43-18?/t19-,21+,22+,23+,27-,33-,34+,38+,42-/m0/s1. The number of allylic oxidation sites excluding steroid dienone is 2. The molecule has 1 amide bonds. The van der Waals surface area contributed by atoms with Gasteiger partial charge < -0.3 is 49.8 Å². The Bertz CT molecular complexity index is 2160. The van der Waals surface area contributed by atoms with Crippen LogP contribution in [0.2, 0.25) is 0 Å². The number of hydrogen-bond donors (Lipinski definition) is 6. The minimum absolute atomic E-state index is 0.0430. The van der Waals surface area contributed by atoms with Gasteiger partial charge in [0.1, 0.15) is 29.0 Å². The number of hydrogen-bond acceptors (Lipinski definition) is 14. The fourth-order valence-electron chi connectivity index (χ4n) is 7.33. The highest BCUT2D eigenvalue weighted by atomic mass is 32.1. The van der Waals surface area contributed by atoms with Gasteiger partial charge >= 0.3 is 11.8 Å². The molecule has 0 spiro atoms. The number of rotatable bonds is 4.